The van der Waals surface area contributed by atoms with Gasteiger partial charge in [-0.3, -0.25) is 0 Å². The molecule has 1 N–H and O–H groups in total. The highest BCUT2D eigenvalue weighted by Crippen LogP contribution is 2.27. The van der Waals surface area contributed by atoms with E-state index in [0.29, 0.717) is 11.1 Å². The number of aromatic amines is 1. The van der Waals surface area contributed by atoms with E-state index in [9.17, 15) is 8.42 Å². The van der Waals surface area contributed by atoms with E-state index < -0.39 is 9.05 Å². The van der Waals surface area contributed by atoms with Crippen molar-refractivity contribution in [3.63, 3.8) is 0 Å². The van der Waals surface area contributed by atoms with Crippen molar-refractivity contribution in [2.24, 2.45) is 0 Å². The monoisotopic (exact) mass is 264 g/mol. The minimum absolute atomic E-state index is 0.0127. The molecule has 0 atom stereocenters. The Morgan fingerprint density at radius 1 is 1.40 bits per heavy atom. The van der Waals surface area contributed by atoms with Gasteiger partial charge in [0.2, 0.25) is 0 Å². The number of nitrogens with zero attached hydrogens (tertiary/aromatic N) is 1. The molecule has 1 heterocycles. The van der Waals surface area contributed by atoms with Gasteiger partial charge in [-0.25, -0.2) is 13.4 Å². The second-order valence-electron chi connectivity index (χ2n) is 2.91. The number of H-pyrrole nitrogens is 1. The molecule has 0 saturated carbocycles. The van der Waals surface area contributed by atoms with Crippen LogP contribution in [-0.4, -0.2) is 18.4 Å². The van der Waals surface area contributed by atoms with Crippen LogP contribution >= 0.6 is 22.3 Å². The van der Waals surface area contributed by atoms with Crippen LogP contribution in [0, 0.1) is 0 Å². The molecule has 2 rings (SSSR count). The van der Waals surface area contributed by atoms with Crippen LogP contribution in [0.3, 0.4) is 0 Å². The van der Waals surface area contributed by atoms with Gasteiger partial charge in [-0.1, -0.05) is 0 Å². The van der Waals surface area contributed by atoms with Crippen molar-refractivity contribution in [1.82, 2.24) is 9.97 Å². The van der Waals surface area contributed by atoms with Crippen molar-refractivity contribution in [3.8, 4) is 0 Å². The molecule has 0 bridgehead atoms. The van der Waals surface area contributed by atoms with Gasteiger partial charge in [0.15, 0.2) is 0 Å². The molecule has 80 valence electrons. The number of aromatic nitrogens is 2. The number of imidazole rings is 1. The van der Waals surface area contributed by atoms with Gasteiger partial charge in [-0.15, -0.1) is 11.6 Å². The van der Waals surface area contributed by atoms with Crippen LogP contribution in [0.15, 0.2) is 23.4 Å². The summed E-state index contributed by atoms with van der Waals surface area (Å²) in [6.07, 6.45) is 1.48. The molecule has 0 fully saturated rings. The zero-order valence-electron chi connectivity index (χ0n) is 7.37. The lowest BCUT2D eigenvalue weighted by Crippen LogP contribution is -1.97. The summed E-state index contributed by atoms with van der Waals surface area (Å²) in [7, 11) is 1.50. The quantitative estimate of drug-likeness (QED) is 0.669. The van der Waals surface area contributed by atoms with Gasteiger partial charge in [0, 0.05) is 16.2 Å². The summed E-state index contributed by atoms with van der Waals surface area (Å²) in [6, 6.07) is 3.02. The van der Waals surface area contributed by atoms with Gasteiger partial charge in [0.05, 0.1) is 28.1 Å². The molecular weight excluding hydrogens is 259 g/mol. The molecule has 0 aliphatic heterocycles. The molecule has 1 aromatic heterocycles. The van der Waals surface area contributed by atoms with Crippen LogP contribution in [-0.2, 0) is 14.9 Å². The van der Waals surface area contributed by atoms with Crippen molar-refractivity contribution in [1.29, 1.82) is 0 Å². The first-order valence-corrected chi connectivity index (χ1v) is 6.84. The molecule has 15 heavy (non-hydrogen) atoms. The van der Waals surface area contributed by atoms with Crippen LogP contribution < -0.4 is 0 Å². The molecule has 0 aliphatic rings. The first-order chi connectivity index (χ1) is 7.04. The summed E-state index contributed by atoms with van der Waals surface area (Å²) in [6.45, 7) is 0. The highest BCUT2D eigenvalue weighted by Gasteiger charge is 2.18. The molecule has 0 radical (unpaired) electrons. The van der Waals surface area contributed by atoms with Crippen molar-refractivity contribution < 1.29 is 8.42 Å². The Kier molecular flexibility index (Phi) is 2.62. The minimum atomic E-state index is -3.78. The van der Waals surface area contributed by atoms with Gasteiger partial charge >= 0.3 is 0 Å². The highest BCUT2D eigenvalue weighted by molar-refractivity contribution is 8.13. The van der Waals surface area contributed by atoms with E-state index in [4.69, 9.17) is 22.3 Å². The first kappa shape index (κ1) is 10.7. The van der Waals surface area contributed by atoms with Gasteiger partial charge in [0.1, 0.15) is 0 Å². The average Bonchev–Trinajstić information content (AvgIpc) is 2.61. The van der Waals surface area contributed by atoms with Crippen LogP contribution in [0.5, 0.6) is 0 Å². The predicted octanol–water partition coefficient (Wildman–Crippen LogP) is 2.23. The van der Waals surface area contributed by atoms with Crippen LogP contribution in [0.4, 0.5) is 0 Å². The zero-order chi connectivity index (χ0) is 11.1. The lowest BCUT2D eigenvalue weighted by atomic mass is 10.2. The maximum atomic E-state index is 11.2. The van der Waals surface area contributed by atoms with E-state index in [1.807, 2.05) is 0 Å². The number of hydrogen-bond donors (Lipinski definition) is 1. The number of halogens is 2. The van der Waals surface area contributed by atoms with E-state index in [1.54, 1.807) is 6.07 Å². The Hall–Kier alpha value is -0.780. The van der Waals surface area contributed by atoms with E-state index >= 15 is 0 Å². The second-order valence-corrected chi connectivity index (χ2v) is 5.71. The van der Waals surface area contributed by atoms with Crippen LogP contribution in [0.1, 0.15) is 5.56 Å². The summed E-state index contributed by atoms with van der Waals surface area (Å²) in [5.41, 5.74) is 1.69. The minimum Gasteiger partial charge on any atom is -0.345 e. The van der Waals surface area contributed by atoms with Crippen molar-refractivity contribution >= 4 is 42.4 Å². The average molecular weight is 265 g/mol. The fourth-order valence-electron chi connectivity index (χ4n) is 1.41. The highest BCUT2D eigenvalue weighted by atomic mass is 35.7. The Labute approximate surface area is 95.6 Å². The summed E-state index contributed by atoms with van der Waals surface area (Å²) >= 11 is 5.70. The van der Waals surface area contributed by atoms with Gasteiger partial charge in [-0.2, -0.15) is 0 Å². The van der Waals surface area contributed by atoms with Crippen LogP contribution in [0.25, 0.3) is 11.0 Å². The molecule has 7 heteroatoms. The maximum absolute atomic E-state index is 11.2. The number of benzene rings is 1. The molecule has 4 nitrogen and oxygen atoms in total. The molecule has 0 amide bonds. The smallest absolute Gasteiger partial charge is 0.261 e. The summed E-state index contributed by atoms with van der Waals surface area (Å²) in [5.74, 6) is 0.0451. The van der Waals surface area contributed by atoms with E-state index in [0.717, 1.165) is 5.52 Å². The molecule has 0 aliphatic carbocycles. The first-order valence-electron chi connectivity index (χ1n) is 3.99. The molecule has 0 saturated heterocycles. The lowest BCUT2D eigenvalue weighted by molar-refractivity contribution is 0.609. The maximum Gasteiger partial charge on any atom is 0.261 e. The summed E-state index contributed by atoms with van der Waals surface area (Å²) in [5, 5.41) is 0. The largest absolute Gasteiger partial charge is 0.345 e. The summed E-state index contributed by atoms with van der Waals surface area (Å²) in [4.78, 5) is 6.88. The molecule has 0 spiro atoms. The van der Waals surface area contributed by atoms with E-state index in [-0.39, 0.29) is 10.8 Å². The zero-order valence-corrected chi connectivity index (χ0v) is 9.70. The standard InChI is InChI=1S/C8H6Cl2N2O2S/c9-3-5-7(15(10,13)14)2-1-6-8(5)12-4-11-6/h1-2,4H,3H2,(H,11,12). The third kappa shape index (κ3) is 1.82. The molecule has 0 unspecified atom stereocenters. The number of fused-ring (bicyclic) bond motifs is 1. The number of rotatable bonds is 2. The SMILES string of the molecule is O=S(=O)(Cl)c1ccc2[nH]cnc2c1CCl. The normalized spacial score (nSPS) is 12.1. The van der Waals surface area contributed by atoms with Crippen molar-refractivity contribution in [3.05, 3.63) is 24.0 Å². The van der Waals surface area contributed by atoms with E-state index in [2.05, 4.69) is 9.97 Å². The number of alkyl halides is 1. The Morgan fingerprint density at radius 3 is 2.73 bits per heavy atom. The molecular formula is C8H6Cl2N2O2S. The van der Waals surface area contributed by atoms with Gasteiger partial charge in [-0.05, 0) is 12.1 Å². The Morgan fingerprint density at radius 2 is 2.13 bits per heavy atom. The fraction of sp³-hybridized carbons (Fsp3) is 0.125. The fourth-order valence-corrected chi connectivity index (χ4v) is 2.88. The topological polar surface area (TPSA) is 62.8 Å². The Balaban J connectivity index is 2.87. The predicted molar refractivity (Wildman–Crippen MR) is 58.7 cm³/mol. The second kappa shape index (κ2) is 3.66. The number of nitrogens with one attached hydrogen (secondary N) is 1. The third-order valence-corrected chi connectivity index (χ3v) is 3.72. The van der Waals surface area contributed by atoms with Gasteiger partial charge in [0.25, 0.3) is 9.05 Å². The van der Waals surface area contributed by atoms with Gasteiger partial charge < -0.3 is 4.98 Å². The lowest BCUT2D eigenvalue weighted by Gasteiger charge is -2.03. The summed E-state index contributed by atoms with van der Waals surface area (Å²) < 4.78 is 22.5. The van der Waals surface area contributed by atoms with Crippen LogP contribution in [0.2, 0.25) is 0 Å². The number of hydrogen-bond acceptors (Lipinski definition) is 3. The third-order valence-electron chi connectivity index (χ3n) is 2.05. The van der Waals surface area contributed by atoms with Crippen molar-refractivity contribution in [2.45, 2.75) is 10.8 Å². The molecule has 1 aromatic carbocycles. The Bertz CT molecular complexity index is 606. The molecule has 2 aromatic rings. The van der Waals surface area contributed by atoms with E-state index in [1.165, 1.54) is 12.4 Å². The van der Waals surface area contributed by atoms with Crippen molar-refractivity contribution in [2.75, 3.05) is 0 Å².